The van der Waals surface area contributed by atoms with Gasteiger partial charge in [0.25, 0.3) is 0 Å². The number of nitrogens with one attached hydrogen (secondary N) is 1. The first kappa shape index (κ1) is 15.6. The van der Waals surface area contributed by atoms with Crippen molar-refractivity contribution in [3.8, 4) is 22.9 Å². The van der Waals surface area contributed by atoms with Gasteiger partial charge in [-0.05, 0) is 25.0 Å². The van der Waals surface area contributed by atoms with Crippen molar-refractivity contribution in [2.75, 3.05) is 19.5 Å². The third-order valence-corrected chi connectivity index (χ3v) is 4.25. The molecular formula is C17H23N3O3. The van der Waals surface area contributed by atoms with Crippen LogP contribution < -0.4 is 14.8 Å². The molecule has 0 saturated heterocycles. The normalized spacial score (nSPS) is 15.9. The molecule has 1 N–H and O–H groups in total. The van der Waals surface area contributed by atoms with E-state index in [4.69, 9.17) is 14.0 Å². The number of benzene rings is 1. The highest BCUT2D eigenvalue weighted by Crippen LogP contribution is 2.36. The fraction of sp³-hybridized carbons (Fsp3) is 0.529. The summed E-state index contributed by atoms with van der Waals surface area (Å²) in [5.41, 5.74) is 0.754. The molecule has 6 nitrogen and oxygen atoms in total. The molecule has 0 bridgehead atoms. The topological polar surface area (TPSA) is 69.4 Å². The molecule has 1 fully saturated rings. The van der Waals surface area contributed by atoms with Gasteiger partial charge >= 0.3 is 6.01 Å². The Hall–Kier alpha value is -2.24. The highest BCUT2D eigenvalue weighted by atomic mass is 16.5. The summed E-state index contributed by atoms with van der Waals surface area (Å²) in [7, 11) is 3.21. The Morgan fingerprint density at radius 2 is 1.87 bits per heavy atom. The third-order valence-electron chi connectivity index (χ3n) is 4.25. The number of hydrogen-bond acceptors (Lipinski definition) is 6. The van der Waals surface area contributed by atoms with Crippen LogP contribution in [0.15, 0.2) is 22.7 Å². The summed E-state index contributed by atoms with van der Waals surface area (Å²) in [5, 5.41) is 7.44. The fourth-order valence-electron chi connectivity index (χ4n) is 3.05. The first-order valence-electron chi connectivity index (χ1n) is 8.13. The minimum atomic E-state index is 0.415. The molecule has 3 rings (SSSR count). The molecule has 1 heterocycles. The number of para-hydroxylation sites is 1. The average Bonchev–Trinajstić information content (AvgIpc) is 2.89. The molecule has 1 aliphatic rings. The van der Waals surface area contributed by atoms with Crippen LogP contribution in [-0.4, -0.2) is 30.4 Å². The molecule has 0 spiro atoms. The highest BCUT2D eigenvalue weighted by Gasteiger charge is 2.19. The molecule has 1 aliphatic carbocycles. The average molecular weight is 317 g/mol. The minimum absolute atomic E-state index is 0.415. The van der Waals surface area contributed by atoms with E-state index >= 15 is 0 Å². The summed E-state index contributed by atoms with van der Waals surface area (Å²) in [5.74, 6) is 1.75. The van der Waals surface area contributed by atoms with Crippen LogP contribution in [0.2, 0.25) is 0 Å². The molecule has 0 amide bonds. The Labute approximate surface area is 136 Å². The maximum absolute atomic E-state index is 5.43. The van der Waals surface area contributed by atoms with Crippen molar-refractivity contribution in [3.05, 3.63) is 18.2 Å². The summed E-state index contributed by atoms with van der Waals surface area (Å²) in [6.07, 6.45) is 7.44. The van der Waals surface area contributed by atoms with Crippen molar-refractivity contribution in [2.24, 2.45) is 0 Å². The van der Waals surface area contributed by atoms with Gasteiger partial charge in [0.05, 0.1) is 19.8 Å². The maximum Gasteiger partial charge on any atom is 0.322 e. The van der Waals surface area contributed by atoms with Crippen molar-refractivity contribution in [3.63, 3.8) is 0 Å². The Morgan fingerprint density at radius 3 is 2.57 bits per heavy atom. The van der Waals surface area contributed by atoms with E-state index in [2.05, 4.69) is 15.5 Å². The van der Waals surface area contributed by atoms with Crippen molar-refractivity contribution in [1.29, 1.82) is 0 Å². The van der Waals surface area contributed by atoms with E-state index < -0.39 is 0 Å². The summed E-state index contributed by atoms with van der Waals surface area (Å²) in [6, 6.07) is 6.50. The van der Waals surface area contributed by atoms with E-state index in [9.17, 15) is 0 Å². The van der Waals surface area contributed by atoms with Crippen LogP contribution in [0.25, 0.3) is 11.4 Å². The summed E-state index contributed by atoms with van der Waals surface area (Å²) < 4.78 is 16.1. The Bertz CT molecular complexity index is 634. The van der Waals surface area contributed by atoms with Gasteiger partial charge in [0.1, 0.15) is 0 Å². The van der Waals surface area contributed by atoms with Crippen LogP contribution in [0.5, 0.6) is 11.5 Å². The van der Waals surface area contributed by atoms with Crippen LogP contribution in [-0.2, 0) is 0 Å². The van der Waals surface area contributed by atoms with Crippen LogP contribution in [0.3, 0.4) is 0 Å². The smallest absolute Gasteiger partial charge is 0.322 e. The zero-order valence-corrected chi connectivity index (χ0v) is 13.7. The number of nitrogens with zero attached hydrogens (tertiary/aromatic N) is 2. The number of aromatic nitrogens is 2. The quantitative estimate of drug-likeness (QED) is 0.844. The standard InChI is InChI=1S/C17H23N3O3/c1-21-14-11-7-10-13(15(14)22-2)16-19-17(23-20-16)18-12-8-5-3-4-6-9-12/h7,10-12H,3-6,8-9H2,1-2H3,(H,18,19,20). The van der Waals surface area contributed by atoms with Gasteiger partial charge in [0.2, 0.25) is 5.82 Å². The van der Waals surface area contributed by atoms with Crippen molar-refractivity contribution in [1.82, 2.24) is 10.1 Å². The zero-order valence-electron chi connectivity index (χ0n) is 13.7. The summed E-state index contributed by atoms with van der Waals surface area (Å²) >= 11 is 0. The third kappa shape index (κ3) is 3.57. The van der Waals surface area contributed by atoms with Crippen molar-refractivity contribution < 1.29 is 14.0 Å². The second kappa shape index (κ2) is 7.35. The molecule has 1 aromatic heterocycles. The van der Waals surface area contributed by atoms with E-state index in [-0.39, 0.29) is 0 Å². The SMILES string of the molecule is COc1cccc(-c2noc(NC3CCCCCC3)n2)c1OC. The lowest BCUT2D eigenvalue weighted by molar-refractivity contribution is 0.355. The van der Waals surface area contributed by atoms with Gasteiger partial charge in [0, 0.05) is 6.04 Å². The second-order valence-corrected chi connectivity index (χ2v) is 5.80. The molecule has 6 heteroatoms. The van der Waals surface area contributed by atoms with Gasteiger partial charge in [-0.15, -0.1) is 0 Å². The molecule has 1 saturated carbocycles. The molecular weight excluding hydrogens is 294 g/mol. The van der Waals surface area contributed by atoms with Crippen LogP contribution >= 0.6 is 0 Å². The largest absolute Gasteiger partial charge is 0.493 e. The number of anilines is 1. The Morgan fingerprint density at radius 1 is 1.09 bits per heavy atom. The van der Waals surface area contributed by atoms with E-state index in [1.54, 1.807) is 14.2 Å². The van der Waals surface area contributed by atoms with Gasteiger partial charge in [0.15, 0.2) is 11.5 Å². The van der Waals surface area contributed by atoms with Gasteiger partial charge in [-0.2, -0.15) is 4.98 Å². The first-order valence-corrected chi connectivity index (χ1v) is 8.13. The monoisotopic (exact) mass is 317 g/mol. The molecule has 1 aromatic carbocycles. The van der Waals surface area contributed by atoms with Crippen LogP contribution in [0.1, 0.15) is 38.5 Å². The molecule has 0 aliphatic heterocycles. The molecule has 0 radical (unpaired) electrons. The lowest BCUT2D eigenvalue weighted by atomic mass is 10.1. The molecule has 23 heavy (non-hydrogen) atoms. The molecule has 2 aromatic rings. The number of hydrogen-bond donors (Lipinski definition) is 1. The molecule has 0 unspecified atom stereocenters. The van der Waals surface area contributed by atoms with Crippen LogP contribution in [0.4, 0.5) is 6.01 Å². The number of rotatable bonds is 5. The fourth-order valence-corrected chi connectivity index (χ4v) is 3.05. The minimum Gasteiger partial charge on any atom is -0.493 e. The second-order valence-electron chi connectivity index (χ2n) is 5.80. The van der Waals surface area contributed by atoms with Crippen LogP contribution in [0, 0.1) is 0 Å². The van der Waals surface area contributed by atoms with Gasteiger partial charge < -0.3 is 19.3 Å². The van der Waals surface area contributed by atoms with E-state index in [0.717, 1.165) is 18.4 Å². The Balaban J connectivity index is 1.79. The Kier molecular flexibility index (Phi) is 5.00. The first-order chi connectivity index (χ1) is 11.3. The van der Waals surface area contributed by atoms with E-state index in [0.29, 0.717) is 29.4 Å². The van der Waals surface area contributed by atoms with E-state index in [1.165, 1.54) is 25.7 Å². The summed E-state index contributed by atoms with van der Waals surface area (Å²) in [4.78, 5) is 4.46. The predicted octanol–water partition coefficient (Wildman–Crippen LogP) is 3.89. The maximum atomic E-state index is 5.43. The lowest BCUT2D eigenvalue weighted by Crippen LogP contribution is -2.18. The molecule has 0 atom stereocenters. The lowest BCUT2D eigenvalue weighted by Gasteiger charge is -2.13. The van der Waals surface area contributed by atoms with Gasteiger partial charge in [-0.25, -0.2) is 0 Å². The van der Waals surface area contributed by atoms with Gasteiger partial charge in [-0.1, -0.05) is 36.9 Å². The van der Waals surface area contributed by atoms with E-state index in [1.807, 2.05) is 18.2 Å². The van der Waals surface area contributed by atoms with Gasteiger partial charge in [-0.3, -0.25) is 0 Å². The predicted molar refractivity (Wildman–Crippen MR) is 88.0 cm³/mol. The summed E-state index contributed by atoms with van der Waals surface area (Å²) in [6.45, 7) is 0. The van der Waals surface area contributed by atoms with Crippen molar-refractivity contribution >= 4 is 6.01 Å². The molecule has 124 valence electrons. The number of methoxy groups -OCH3 is 2. The number of ether oxygens (including phenoxy) is 2. The van der Waals surface area contributed by atoms with Crippen molar-refractivity contribution in [2.45, 2.75) is 44.6 Å². The highest BCUT2D eigenvalue weighted by molar-refractivity contribution is 5.68. The zero-order chi connectivity index (χ0) is 16.1.